The van der Waals surface area contributed by atoms with Gasteiger partial charge in [0.1, 0.15) is 17.2 Å². The first kappa shape index (κ1) is 18.5. The number of unbranched alkanes of at least 4 members (excludes halogenated alkanes) is 1. The van der Waals surface area contributed by atoms with Gasteiger partial charge in [-0.1, -0.05) is 13.3 Å². The first-order valence-corrected chi connectivity index (χ1v) is 9.70. The molecule has 0 saturated heterocycles. The third-order valence-corrected chi connectivity index (χ3v) is 5.99. The molecule has 0 amide bonds. The highest BCUT2D eigenvalue weighted by molar-refractivity contribution is 7.99. The van der Waals surface area contributed by atoms with E-state index in [-0.39, 0.29) is 11.2 Å². The molecule has 3 rings (SSSR count). The number of aromatic nitrogens is 4. The third-order valence-electron chi connectivity index (χ3n) is 4.00. The van der Waals surface area contributed by atoms with E-state index in [9.17, 15) is 14.9 Å². The summed E-state index contributed by atoms with van der Waals surface area (Å²) in [5.74, 6) is 0. The van der Waals surface area contributed by atoms with E-state index < -0.39 is 4.92 Å². The van der Waals surface area contributed by atoms with Crippen LogP contribution in [0.1, 0.15) is 30.2 Å². The van der Waals surface area contributed by atoms with E-state index in [0.717, 1.165) is 47.4 Å². The van der Waals surface area contributed by atoms with Gasteiger partial charge in [0, 0.05) is 11.4 Å². The summed E-state index contributed by atoms with van der Waals surface area (Å²) in [5, 5.41) is 12.2. The Bertz CT molecular complexity index is 1030. The van der Waals surface area contributed by atoms with Crippen molar-refractivity contribution in [2.24, 2.45) is 0 Å². The van der Waals surface area contributed by atoms with Crippen molar-refractivity contribution in [1.82, 2.24) is 19.5 Å². The fourth-order valence-corrected chi connectivity index (χ4v) is 4.31. The Morgan fingerprint density at radius 1 is 1.31 bits per heavy atom. The van der Waals surface area contributed by atoms with Crippen LogP contribution >= 0.6 is 23.1 Å². The Hall–Kier alpha value is -2.33. The van der Waals surface area contributed by atoms with Crippen LogP contribution in [0.3, 0.4) is 0 Å². The first-order chi connectivity index (χ1) is 12.4. The van der Waals surface area contributed by atoms with Crippen LogP contribution < -0.4 is 5.56 Å². The molecule has 0 aliphatic rings. The van der Waals surface area contributed by atoms with E-state index in [1.54, 1.807) is 4.57 Å². The Morgan fingerprint density at radius 3 is 2.62 bits per heavy atom. The normalized spacial score (nSPS) is 11.2. The lowest BCUT2D eigenvalue weighted by Gasteiger charge is -2.11. The maximum atomic E-state index is 13.0. The van der Waals surface area contributed by atoms with E-state index >= 15 is 0 Å². The molecule has 0 radical (unpaired) electrons. The molecule has 0 atom stereocenters. The maximum Gasteiger partial charge on any atom is 0.305 e. The standard InChI is InChI=1S/C16H17N5O3S2/c1-4-5-6-20-14(22)12-9(2)10(3)25-13(12)19-16(20)26-15-17-7-11(8-18-15)21(23)24/h7-8H,4-6H2,1-3H3. The first-order valence-electron chi connectivity index (χ1n) is 8.07. The van der Waals surface area contributed by atoms with Gasteiger partial charge in [-0.2, -0.15) is 0 Å². The van der Waals surface area contributed by atoms with Crippen molar-refractivity contribution in [1.29, 1.82) is 0 Å². The smallest absolute Gasteiger partial charge is 0.287 e. The second kappa shape index (κ2) is 7.50. The number of aryl methyl sites for hydroxylation is 2. The average molecular weight is 391 g/mol. The molecule has 0 saturated carbocycles. The highest BCUT2D eigenvalue weighted by atomic mass is 32.2. The molecule has 0 N–H and O–H groups in total. The summed E-state index contributed by atoms with van der Waals surface area (Å²) in [4.78, 5) is 37.6. The summed E-state index contributed by atoms with van der Waals surface area (Å²) in [7, 11) is 0. The molecule has 0 aliphatic carbocycles. The molecule has 3 heterocycles. The van der Waals surface area contributed by atoms with Gasteiger partial charge < -0.3 is 0 Å². The second-order valence-corrected chi connectivity index (χ2v) is 7.89. The van der Waals surface area contributed by atoms with Crippen LogP contribution in [-0.4, -0.2) is 24.4 Å². The van der Waals surface area contributed by atoms with Crippen molar-refractivity contribution in [2.45, 2.75) is 50.5 Å². The van der Waals surface area contributed by atoms with E-state index in [1.807, 2.05) is 13.8 Å². The van der Waals surface area contributed by atoms with Crippen LogP contribution in [0.4, 0.5) is 5.69 Å². The Labute approximate surface area is 157 Å². The van der Waals surface area contributed by atoms with Crippen molar-refractivity contribution >= 4 is 39.0 Å². The zero-order chi connectivity index (χ0) is 18.8. The molecule has 136 valence electrons. The number of nitro groups is 1. The topological polar surface area (TPSA) is 104 Å². The van der Waals surface area contributed by atoms with Gasteiger partial charge in [-0.25, -0.2) is 15.0 Å². The summed E-state index contributed by atoms with van der Waals surface area (Å²) in [6.45, 7) is 6.53. The zero-order valence-corrected chi connectivity index (χ0v) is 16.2. The summed E-state index contributed by atoms with van der Waals surface area (Å²) >= 11 is 2.63. The van der Waals surface area contributed by atoms with Crippen LogP contribution in [0.5, 0.6) is 0 Å². The third kappa shape index (κ3) is 3.47. The van der Waals surface area contributed by atoms with Gasteiger partial charge in [0.05, 0.1) is 10.3 Å². The van der Waals surface area contributed by atoms with Gasteiger partial charge in [-0.15, -0.1) is 11.3 Å². The van der Waals surface area contributed by atoms with Gasteiger partial charge in [0.2, 0.25) is 0 Å². The second-order valence-electron chi connectivity index (χ2n) is 5.75. The van der Waals surface area contributed by atoms with Gasteiger partial charge >= 0.3 is 5.69 Å². The van der Waals surface area contributed by atoms with Gasteiger partial charge in [0.15, 0.2) is 10.3 Å². The van der Waals surface area contributed by atoms with Crippen molar-refractivity contribution in [3.8, 4) is 0 Å². The molecule has 0 aromatic carbocycles. The Balaban J connectivity index is 2.08. The highest BCUT2D eigenvalue weighted by Gasteiger charge is 2.18. The Morgan fingerprint density at radius 2 is 2.00 bits per heavy atom. The lowest BCUT2D eigenvalue weighted by molar-refractivity contribution is -0.385. The van der Waals surface area contributed by atoms with Crippen LogP contribution in [0, 0.1) is 24.0 Å². The summed E-state index contributed by atoms with van der Waals surface area (Å²) in [5.41, 5.74) is 0.733. The zero-order valence-electron chi connectivity index (χ0n) is 14.6. The molecule has 0 bridgehead atoms. The minimum absolute atomic E-state index is 0.0605. The molecule has 3 aromatic rings. The molecule has 0 spiro atoms. The van der Waals surface area contributed by atoms with Crippen molar-refractivity contribution < 1.29 is 4.92 Å². The monoisotopic (exact) mass is 391 g/mol. The largest absolute Gasteiger partial charge is 0.305 e. The van der Waals surface area contributed by atoms with Crippen LogP contribution in [0.2, 0.25) is 0 Å². The van der Waals surface area contributed by atoms with Gasteiger partial charge in [-0.3, -0.25) is 19.5 Å². The fourth-order valence-electron chi connectivity index (χ4n) is 2.44. The molecule has 8 nitrogen and oxygen atoms in total. The van der Waals surface area contributed by atoms with Gasteiger partial charge in [-0.05, 0) is 37.6 Å². The summed E-state index contributed by atoms with van der Waals surface area (Å²) in [6.07, 6.45) is 4.11. The molecule has 3 aromatic heterocycles. The number of fused-ring (bicyclic) bond motifs is 1. The number of hydrogen-bond donors (Lipinski definition) is 0. The number of thiophene rings is 1. The predicted molar refractivity (Wildman–Crippen MR) is 101 cm³/mol. The fraction of sp³-hybridized carbons (Fsp3) is 0.375. The number of hydrogen-bond acceptors (Lipinski definition) is 8. The molecule has 0 fully saturated rings. The Kier molecular flexibility index (Phi) is 5.33. The van der Waals surface area contributed by atoms with Crippen molar-refractivity contribution in [2.75, 3.05) is 0 Å². The molecular formula is C16H17N5O3S2. The van der Waals surface area contributed by atoms with Crippen LogP contribution in [-0.2, 0) is 6.54 Å². The van der Waals surface area contributed by atoms with E-state index in [1.165, 1.54) is 11.3 Å². The van der Waals surface area contributed by atoms with Gasteiger partial charge in [0.25, 0.3) is 5.56 Å². The molecule has 0 unspecified atom stereocenters. The number of nitrogens with zero attached hydrogens (tertiary/aromatic N) is 5. The summed E-state index contributed by atoms with van der Waals surface area (Å²) < 4.78 is 1.65. The van der Waals surface area contributed by atoms with Crippen LogP contribution in [0.25, 0.3) is 10.2 Å². The minimum Gasteiger partial charge on any atom is -0.287 e. The predicted octanol–water partition coefficient (Wildman–Crippen LogP) is 3.72. The quantitative estimate of drug-likeness (QED) is 0.358. The average Bonchev–Trinajstić information content (AvgIpc) is 2.89. The molecule has 26 heavy (non-hydrogen) atoms. The molecule has 0 aliphatic heterocycles. The van der Waals surface area contributed by atoms with Crippen molar-refractivity contribution in [3.63, 3.8) is 0 Å². The highest BCUT2D eigenvalue weighted by Crippen LogP contribution is 2.30. The minimum atomic E-state index is -0.548. The van der Waals surface area contributed by atoms with E-state index in [4.69, 9.17) is 0 Å². The van der Waals surface area contributed by atoms with E-state index in [2.05, 4.69) is 21.9 Å². The SMILES string of the molecule is CCCCn1c(Sc2ncc([N+](=O)[O-])cn2)nc2sc(C)c(C)c2c1=O. The van der Waals surface area contributed by atoms with Crippen molar-refractivity contribution in [3.05, 3.63) is 43.3 Å². The number of rotatable bonds is 6. The molecule has 10 heteroatoms. The maximum absolute atomic E-state index is 13.0. The lowest BCUT2D eigenvalue weighted by atomic mass is 10.2. The molecular weight excluding hydrogens is 374 g/mol. The lowest BCUT2D eigenvalue weighted by Crippen LogP contribution is -2.23. The van der Waals surface area contributed by atoms with Crippen LogP contribution in [0.15, 0.2) is 27.5 Å². The summed E-state index contributed by atoms with van der Waals surface area (Å²) in [6, 6.07) is 0. The van der Waals surface area contributed by atoms with E-state index in [0.29, 0.717) is 27.1 Å².